The van der Waals surface area contributed by atoms with Crippen LogP contribution in [0.4, 0.5) is 0 Å². The second kappa shape index (κ2) is 5.06. The van der Waals surface area contributed by atoms with Crippen LogP contribution in [0.25, 0.3) is 0 Å². The zero-order valence-electron chi connectivity index (χ0n) is 11.3. The Morgan fingerprint density at radius 2 is 2.11 bits per heavy atom. The maximum Gasteiger partial charge on any atom is 0.164 e. The molecule has 0 amide bonds. The van der Waals surface area contributed by atoms with E-state index >= 15 is 0 Å². The normalized spacial score (nSPS) is 10.9. The van der Waals surface area contributed by atoms with Gasteiger partial charge in [0.1, 0.15) is 0 Å². The molecule has 2 aromatic rings. The third-order valence-corrected chi connectivity index (χ3v) is 4.17. The number of carbonyl (C=O) groups excluding carboxylic acids is 1. The SMILES string of the molecule is Cc1cc(C(=O)CCc2c(C)nn(C)c2C)cs1. The Balaban J connectivity index is 2.06. The van der Waals surface area contributed by atoms with Crippen molar-refractivity contribution in [3.05, 3.63) is 38.8 Å². The highest BCUT2D eigenvalue weighted by Crippen LogP contribution is 2.18. The molecule has 3 nitrogen and oxygen atoms in total. The summed E-state index contributed by atoms with van der Waals surface area (Å²) in [6.45, 7) is 6.08. The van der Waals surface area contributed by atoms with Crippen molar-refractivity contribution in [1.82, 2.24) is 9.78 Å². The van der Waals surface area contributed by atoms with Gasteiger partial charge in [0.15, 0.2) is 5.78 Å². The summed E-state index contributed by atoms with van der Waals surface area (Å²) >= 11 is 1.63. The molecular weight excluding hydrogens is 244 g/mol. The first-order chi connectivity index (χ1) is 8.49. The quantitative estimate of drug-likeness (QED) is 0.793. The van der Waals surface area contributed by atoms with Crippen molar-refractivity contribution in [2.24, 2.45) is 7.05 Å². The summed E-state index contributed by atoms with van der Waals surface area (Å²) in [5.41, 5.74) is 4.24. The molecule has 0 aliphatic rings. The van der Waals surface area contributed by atoms with Crippen molar-refractivity contribution in [3.8, 4) is 0 Å². The first kappa shape index (κ1) is 13.0. The lowest BCUT2D eigenvalue weighted by Gasteiger charge is -2.01. The molecule has 0 unspecified atom stereocenters. The van der Waals surface area contributed by atoms with E-state index in [1.807, 2.05) is 37.0 Å². The van der Waals surface area contributed by atoms with E-state index in [0.717, 1.165) is 23.4 Å². The number of carbonyl (C=O) groups is 1. The Morgan fingerprint density at radius 1 is 1.39 bits per heavy atom. The minimum absolute atomic E-state index is 0.224. The third-order valence-electron chi connectivity index (χ3n) is 3.31. The van der Waals surface area contributed by atoms with Crippen LogP contribution >= 0.6 is 11.3 Å². The van der Waals surface area contributed by atoms with E-state index in [1.54, 1.807) is 11.3 Å². The van der Waals surface area contributed by atoms with Gasteiger partial charge < -0.3 is 0 Å². The molecule has 0 N–H and O–H groups in total. The lowest BCUT2D eigenvalue weighted by molar-refractivity contribution is 0.0983. The largest absolute Gasteiger partial charge is 0.294 e. The van der Waals surface area contributed by atoms with Gasteiger partial charge in [0.2, 0.25) is 0 Å². The number of rotatable bonds is 4. The summed E-state index contributed by atoms with van der Waals surface area (Å²) in [7, 11) is 1.94. The number of nitrogens with zero attached hydrogens (tertiary/aromatic N) is 2. The number of aryl methyl sites for hydroxylation is 3. The predicted octanol–water partition coefficient (Wildman–Crippen LogP) is 3.22. The summed E-state index contributed by atoms with van der Waals surface area (Å²) in [4.78, 5) is 13.2. The topological polar surface area (TPSA) is 34.9 Å². The molecule has 0 aliphatic carbocycles. The maximum absolute atomic E-state index is 12.0. The Labute approximate surface area is 111 Å². The van der Waals surface area contributed by atoms with Gasteiger partial charge in [-0.3, -0.25) is 9.48 Å². The van der Waals surface area contributed by atoms with Crippen molar-refractivity contribution in [1.29, 1.82) is 0 Å². The average Bonchev–Trinajstić information content (AvgIpc) is 2.83. The lowest BCUT2D eigenvalue weighted by atomic mass is 10.0. The van der Waals surface area contributed by atoms with Gasteiger partial charge >= 0.3 is 0 Å². The molecule has 0 atom stereocenters. The van der Waals surface area contributed by atoms with Crippen LogP contribution in [0.1, 0.15) is 38.6 Å². The van der Waals surface area contributed by atoms with Crippen LogP contribution in [-0.4, -0.2) is 15.6 Å². The average molecular weight is 262 g/mol. The summed E-state index contributed by atoms with van der Waals surface area (Å²) < 4.78 is 1.88. The number of hydrogen-bond donors (Lipinski definition) is 0. The number of aromatic nitrogens is 2. The van der Waals surface area contributed by atoms with E-state index in [1.165, 1.54) is 10.4 Å². The summed E-state index contributed by atoms with van der Waals surface area (Å²) in [6, 6.07) is 1.97. The highest BCUT2D eigenvalue weighted by Gasteiger charge is 2.13. The van der Waals surface area contributed by atoms with Crippen LogP contribution in [0.2, 0.25) is 0 Å². The Morgan fingerprint density at radius 3 is 2.61 bits per heavy atom. The van der Waals surface area contributed by atoms with Gasteiger partial charge in [-0.2, -0.15) is 5.10 Å². The molecule has 2 aromatic heterocycles. The van der Waals surface area contributed by atoms with Crippen LogP contribution in [0.3, 0.4) is 0 Å². The number of Topliss-reactive ketones (excluding diaryl/α,β-unsaturated/α-hetero) is 1. The van der Waals surface area contributed by atoms with Crippen LogP contribution in [0, 0.1) is 20.8 Å². The van der Waals surface area contributed by atoms with E-state index in [9.17, 15) is 4.79 Å². The van der Waals surface area contributed by atoms with E-state index in [0.29, 0.717) is 6.42 Å². The number of thiophene rings is 1. The number of hydrogen-bond acceptors (Lipinski definition) is 3. The van der Waals surface area contributed by atoms with E-state index in [2.05, 4.69) is 12.0 Å². The molecule has 4 heteroatoms. The van der Waals surface area contributed by atoms with Crippen molar-refractivity contribution in [2.75, 3.05) is 0 Å². The van der Waals surface area contributed by atoms with Crippen molar-refractivity contribution < 1.29 is 4.79 Å². The molecular formula is C14H18N2OS. The fourth-order valence-corrected chi connectivity index (χ4v) is 2.86. The molecule has 2 heterocycles. The third kappa shape index (κ3) is 2.53. The molecule has 2 rings (SSSR count). The van der Waals surface area contributed by atoms with Crippen LogP contribution in [0.15, 0.2) is 11.4 Å². The van der Waals surface area contributed by atoms with Crippen molar-refractivity contribution in [2.45, 2.75) is 33.6 Å². The van der Waals surface area contributed by atoms with Gasteiger partial charge in [-0.1, -0.05) is 0 Å². The fourth-order valence-electron chi connectivity index (χ4n) is 2.15. The first-order valence-electron chi connectivity index (χ1n) is 6.06. The first-order valence-corrected chi connectivity index (χ1v) is 6.94. The summed E-state index contributed by atoms with van der Waals surface area (Å²) in [6.07, 6.45) is 1.34. The Hall–Kier alpha value is -1.42. The minimum Gasteiger partial charge on any atom is -0.294 e. The fraction of sp³-hybridized carbons (Fsp3) is 0.429. The van der Waals surface area contributed by atoms with E-state index in [4.69, 9.17) is 0 Å². The smallest absolute Gasteiger partial charge is 0.164 e. The van der Waals surface area contributed by atoms with E-state index < -0.39 is 0 Å². The summed E-state index contributed by atoms with van der Waals surface area (Å²) in [5.74, 6) is 0.224. The molecule has 0 aliphatic heterocycles. The molecule has 96 valence electrons. The molecule has 0 fully saturated rings. The molecule has 0 saturated heterocycles. The van der Waals surface area contributed by atoms with Crippen molar-refractivity contribution >= 4 is 17.1 Å². The van der Waals surface area contributed by atoms with Gasteiger partial charge in [0.25, 0.3) is 0 Å². The van der Waals surface area contributed by atoms with E-state index in [-0.39, 0.29) is 5.78 Å². The molecule has 0 bridgehead atoms. The van der Waals surface area contributed by atoms with Crippen LogP contribution in [0.5, 0.6) is 0 Å². The van der Waals surface area contributed by atoms with Gasteiger partial charge in [-0.05, 0) is 38.8 Å². The second-order valence-corrected chi connectivity index (χ2v) is 5.76. The van der Waals surface area contributed by atoms with Gasteiger partial charge in [0.05, 0.1) is 5.69 Å². The highest BCUT2D eigenvalue weighted by atomic mass is 32.1. The maximum atomic E-state index is 12.0. The molecule has 0 radical (unpaired) electrons. The van der Waals surface area contributed by atoms with Gasteiger partial charge in [0, 0.05) is 35.0 Å². The van der Waals surface area contributed by atoms with Crippen LogP contribution in [-0.2, 0) is 13.5 Å². The standard InChI is InChI=1S/C14H18N2OS/c1-9-7-12(8-18-9)14(17)6-5-13-10(2)15-16(4)11(13)3/h7-8H,5-6H2,1-4H3. The van der Waals surface area contributed by atoms with Gasteiger partial charge in [-0.25, -0.2) is 0 Å². The summed E-state index contributed by atoms with van der Waals surface area (Å²) in [5, 5.41) is 6.32. The molecule has 0 aromatic carbocycles. The monoisotopic (exact) mass is 262 g/mol. The molecule has 0 spiro atoms. The lowest BCUT2D eigenvalue weighted by Crippen LogP contribution is -2.01. The Kier molecular flexibility index (Phi) is 3.66. The van der Waals surface area contributed by atoms with Crippen LogP contribution < -0.4 is 0 Å². The predicted molar refractivity (Wildman–Crippen MR) is 74.4 cm³/mol. The zero-order valence-corrected chi connectivity index (χ0v) is 12.1. The zero-order chi connectivity index (χ0) is 13.3. The minimum atomic E-state index is 0.224. The highest BCUT2D eigenvalue weighted by molar-refractivity contribution is 7.10. The number of ketones is 1. The molecule has 18 heavy (non-hydrogen) atoms. The second-order valence-electron chi connectivity index (χ2n) is 4.64. The Bertz CT molecular complexity index is 581. The van der Waals surface area contributed by atoms with Crippen molar-refractivity contribution in [3.63, 3.8) is 0 Å². The van der Waals surface area contributed by atoms with Gasteiger partial charge in [-0.15, -0.1) is 11.3 Å². The molecule has 0 saturated carbocycles.